The second-order valence-corrected chi connectivity index (χ2v) is 7.88. The Labute approximate surface area is 143 Å². The summed E-state index contributed by atoms with van der Waals surface area (Å²) in [7, 11) is 0.377. The van der Waals surface area contributed by atoms with E-state index in [0.717, 1.165) is 18.4 Å². The SMILES string of the molecule is CC(C(=O)N(C)Cc1ccccc1)S(=O)Cc1nnnn1C1CC1. The summed E-state index contributed by atoms with van der Waals surface area (Å²) in [6.07, 6.45) is 2.11. The summed E-state index contributed by atoms with van der Waals surface area (Å²) >= 11 is 0. The Balaban J connectivity index is 1.59. The van der Waals surface area contributed by atoms with Gasteiger partial charge in [-0.15, -0.1) is 5.10 Å². The van der Waals surface area contributed by atoms with Crippen LogP contribution in [0.4, 0.5) is 0 Å². The number of carbonyl (C=O) groups excluding carboxylic acids is 1. The molecular weight excluding hydrogens is 326 g/mol. The van der Waals surface area contributed by atoms with Gasteiger partial charge in [0.25, 0.3) is 0 Å². The van der Waals surface area contributed by atoms with Gasteiger partial charge in [-0.25, -0.2) is 4.68 Å². The Bertz CT molecular complexity index is 729. The maximum Gasteiger partial charge on any atom is 0.238 e. The zero-order chi connectivity index (χ0) is 17.1. The lowest BCUT2D eigenvalue weighted by Gasteiger charge is -2.21. The van der Waals surface area contributed by atoms with Crippen molar-refractivity contribution in [3.63, 3.8) is 0 Å². The third-order valence-electron chi connectivity index (χ3n) is 4.11. The van der Waals surface area contributed by atoms with Gasteiger partial charge in [-0.3, -0.25) is 9.00 Å². The van der Waals surface area contributed by atoms with E-state index in [9.17, 15) is 9.00 Å². The molecule has 1 aliphatic carbocycles. The van der Waals surface area contributed by atoms with Crippen LogP contribution < -0.4 is 0 Å². The second-order valence-electron chi connectivity index (χ2n) is 6.12. The molecule has 0 radical (unpaired) electrons. The van der Waals surface area contributed by atoms with E-state index in [1.54, 1.807) is 23.6 Å². The molecule has 8 heteroatoms. The highest BCUT2D eigenvalue weighted by Gasteiger charge is 2.30. The van der Waals surface area contributed by atoms with Gasteiger partial charge in [-0.2, -0.15) is 0 Å². The highest BCUT2D eigenvalue weighted by atomic mass is 32.2. The van der Waals surface area contributed by atoms with Crippen molar-refractivity contribution >= 4 is 16.7 Å². The minimum atomic E-state index is -1.36. The molecule has 2 aromatic rings. The van der Waals surface area contributed by atoms with Crippen LogP contribution in [0.5, 0.6) is 0 Å². The van der Waals surface area contributed by atoms with E-state index in [4.69, 9.17) is 0 Å². The standard InChI is InChI=1S/C16H21N5O2S/c1-12(16(22)20(2)10-13-6-4-3-5-7-13)24(23)11-15-17-18-19-21(15)14-8-9-14/h3-7,12,14H,8-11H2,1-2H3. The van der Waals surface area contributed by atoms with Crippen molar-refractivity contribution in [1.29, 1.82) is 0 Å². The van der Waals surface area contributed by atoms with Crippen molar-refractivity contribution in [2.45, 2.75) is 43.4 Å². The van der Waals surface area contributed by atoms with Crippen molar-refractivity contribution in [1.82, 2.24) is 25.1 Å². The number of hydrogen-bond acceptors (Lipinski definition) is 5. The van der Waals surface area contributed by atoms with Crippen molar-refractivity contribution < 1.29 is 9.00 Å². The maximum absolute atomic E-state index is 12.6. The molecule has 1 fully saturated rings. The number of nitrogens with zero attached hydrogens (tertiary/aromatic N) is 5. The molecule has 0 N–H and O–H groups in total. The number of aromatic nitrogens is 4. The Morgan fingerprint density at radius 2 is 2.08 bits per heavy atom. The maximum atomic E-state index is 12.6. The largest absolute Gasteiger partial charge is 0.340 e. The van der Waals surface area contributed by atoms with Crippen LogP contribution in [0.3, 0.4) is 0 Å². The average molecular weight is 347 g/mol. The van der Waals surface area contributed by atoms with Gasteiger partial charge >= 0.3 is 0 Å². The van der Waals surface area contributed by atoms with Crippen LogP contribution in [-0.2, 0) is 27.9 Å². The van der Waals surface area contributed by atoms with Gasteiger partial charge in [-0.1, -0.05) is 30.3 Å². The Hall–Kier alpha value is -2.09. The molecule has 1 heterocycles. The summed E-state index contributed by atoms with van der Waals surface area (Å²) in [5.41, 5.74) is 1.05. The minimum absolute atomic E-state index is 0.136. The van der Waals surface area contributed by atoms with E-state index in [2.05, 4.69) is 15.5 Å². The lowest BCUT2D eigenvalue weighted by Crippen LogP contribution is -2.37. The number of hydrogen-bond donors (Lipinski definition) is 0. The number of benzene rings is 1. The van der Waals surface area contributed by atoms with Gasteiger partial charge in [0, 0.05) is 24.4 Å². The van der Waals surface area contributed by atoms with Crippen LogP contribution in [0.25, 0.3) is 0 Å². The van der Waals surface area contributed by atoms with Gasteiger partial charge in [-0.05, 0) is 35.8 Å². The normalized spacial score (nSPS) is 16.6. The number of amides is 1. The first-order valence-corrected chi connectivity index (χ1v) is 9.37. The first-order valence-electron chi connectivity index (χ1n) is 7.99. The predicted molar refractivity (Wildman–Crippen MR) is 90.3 cm³/mol. The fraction of sp³-hybridized carbons (Fsp3) is 0.500. The third-order valence-corrected chi connectivity index (χ3v) is 5.64. The molecular formula is C16H21N5O2S. The van der Waals surface area contributed by atoms with E-state index in [1.165, 1.54) is 0 Å². The predicted octanol–water partition coefficient (Wildman–Crippen LogP) is 1.30. The first kappa shape index (κ1) is 16.8. The molecule has 2 unspecified atom stereocenters. The van der Waals surface area contributed by atoms with Gasteiger partial charge in [0.05, 0.1) is 11.8 Å². The van der Waals surface area contributed by atoms with E-state index in [-0.39, 0.29) is 11.7 Å². The van der Waals surface area contributed by atoms with E-state index in [1.807, 2.05) is 30.3 Å². The summed E-state index contributed by atoms with van der Waals surface area (Å²) < 4.78 is 14.3. The molecule has 1 aromatic carbocycles. The summed E-state index contributed by atoms with van der Waals surface area (Å²) in [5, 5.41) is 11.0. The Morgan fingerprint density at radius 1 is 1.38 bits per heavy atom. The fourth-order valence-corrected chi connectivity index (χ4v) is 3.62. The summed E-state index contributed by atoms with van der Waals surface area (Å²) in [6.45, 7) is 2.20. The summed E-state index contributed by atoms with van der Waals surface area (Å²) in [5.74, 6) is 0.666. The summed E-state index contributed by atoms with van der Waals surface area (Å²) in [4.78, 5) is 14.1. The number of rotatable bonds is 7. The molecule has 0 bridgehead atoms. The molecule has 2 atom stereocenters. The Kier molecular flexibility index (Phi) is 5.03. The first-order chi connectivity index (χ1) is 11.6. The van der Waals surface area contributed by atoms with Crippen LogP contribution in [0.1, 0.15) is 37.2 Å². The van der Waals surface area contributed by atoms with Gasteiger partial charge in [0.15, 0.2) is 5.82 Å². The molecule has 1 aliphatic rings. The quantitative estimate of drug-likeness (QED) is 0.754. The number of carbonyl (C=O) groups is 1. The van der Waals surface area contributed by atoms with E-state index < -0.39 is 16.0 Å². The molecule has 7 nitrogen and oxygen atoms in total. The molecule has 1 aromatic heterocycles. The fourth-order valence-electron chi connectivity index (χ4n) is 2.52. The topological polar surface area (TPSA) is 81.0 Å². The highest BCUT2D eigenvalue weighted by molar-refractivity contribution is 7.85. The van der Waals surface area contributed by atoms with E-state index >= 15 is 0 Å². The number of tetrazole rings is 1. The Morgan fingerprint density at radius 3 is 2.75 bits per heavy atom. The summed E-state index contributed by atoms with van der Waals surface area (Å²) in [6, 6.07) is 10.1. The van der Waals surface area contributed by atoms with Crippen LogP contribution in [0, 0.1) is 0 Å². The molecule has 0 aliphatic heterocycles. The smallest absolute Gasteiger partial charge is 0.238 e. The third kappa shape index (κ3) is 3.87. The van der Waals surface area contributed by atoms with Gasteiger partial charge in [0.1, 0.15) is 5.25 Å². The zero-order valence-corrected chi connectivity index (χ0v) is 14.6. The van der Waals surface area contributed by atoms with Crippen molar-refractivity contribution in [2.24, 2.45) is 0 Å². The van der Waals surface area contributed by atoms with Crippen molar-refractivity contribution in [2.75, 3.05) is 7.05 Å². The molecule has 0 spiro atoms. The van der Waals surface area contributed by atoms with Gasteiger partial charge in [0.2, 0.25) is 5.91 Å². The average Bonchev–Trinajstić information content (AvgIpc) is 3.34. The molecule has 1 saturated carbocycles. The lowest BCUT2D eigenvalue weighted by molar-refractivity contribution is -0.129. The van der Waals surface area contributed by atoms with Gasteiger partial charge < -0.3 is 4.90 Å². The second kappa shape index (κ2) is 7.21. The van der Waals surface area contributed by atoms with E-state index in [0.29, 0.717) is 18.4 Å². The van der Waals surface area contributed by atoms with Crippen molar-refractivity contribution in [3.05, 3.63) is 41.7 Å². The highest BCUT2D eigenvalue weighted by Crippen LogP contribution is 2.34. The lowest BCUT2D eigenvalue weighted by atomic mass is 10.2. The van der Waals surface area contributed by atoms with Crippen LogP contribution >= 0.6 is 0 Å². The van der Waals surface area contributed by atoms with Crippen LogP contribution in [-0.4, -0.2) is 47.5 Å². The molecule has 24 heavy (non-hydrogen) atoms. The van der Waals surface area contributed by atoms with Crippen molar-refractivity contribution in [3.8, 4) is 0 Å². The molecule has 1 amide bonds. The molecule has 128 valence electrons. The van der Waals surface area contributed by atoms with Crippen LogP contribution in [0.15, 0.2) is 30.3 Å². The molecule has 0 saturated heterocycles. The monoisotopic (exact) mass is 347 g/mol. The minimum Gasteiger partial charge on any atom is -0.340 e. The van der Waals surface area contributed by atoms with Crippen LogP contribution in [0.2, 0.25) is 0 Å². The molecule has 3 rings (SSSR count). The zero-order valence-electron chi connectivity index (χ0n) is 13.8.